The number of carbonyl (C=O) groups excluding carboxylic acids is 2. The van der Waals surface area contributed by atoms with Crippen molar-refractivity contribution in [1.29, 1.82) is 0 Å². The predicted molar refractivity (Wildman–Crippen MR) is 77.9 cm³/mol. The Hall–Kier alpha value is -2.01. The van der Waals surface area contributed by atoms with Crippen LogP contribution in [-0.2, 0) is 4.79 Å². The first kappa shape index (κ1) is 14.4. The van der Waals surface area contributed by atoms with E-state index in [9.17, 15) is 9.59 Å². The van der Waals surface area contributed by atoms with Gasteiger partial charge < -0.3 is 10.2 Å². The molecule has 0 aliphatic carbocycles. The van der Waals surface area contributed by atoms with E-state index in [1.54, 1.807) is 19.0 Å². The molecule has 1 N–H and O–H groups in total. The highest BCUT2D eigenvalue weighted by Gasteiger charge is 2.33. The molecular formula is C15H19N3O2. The summed E-state index contributed by atoms with van der Waals surface area (Å²) in [6.45, 7) is 0.529. The van der Waals surface area contributed by atoms with Crippen molar-refractivity contribution in [2.24, 2.45) is 10.9 Å². The fraction of sp³-hybridized carbons (Fsp3) is 0.400. The van der Waals surface area contributed by atoms with Gasteiger partial charge in [-0.1, -0.05) is 30.3 Å². The zero-order valence-corrected chi connectivity index (χ0v) is 11.7. The highest BCUT2D eigenvalue weighted by molar-refractivity contribution is 5.99. The van der Waals surface area contributed by atoms with Crippen LogP contribution >= 0.6 is 0 Å². The van der Waals surface area contributed by atoms with Gasteiger partial charge in [-0.3, -0.25) is 9.59 Å². The van der Waals surface area contributed by atoms with Gasteiger partial charge in [-0.25, -0.2) is 4.99 Å². The summed E-state index contributed by atoms with van der Waals surface area (Å²) in [4.78, 5) is 29.7. The summed E-state index contributed by atoms with van der Waals surface area (Å²) in [6.07, 6.45) is 1.99. The zero-order valence-electron chi connectivity index (χ0n) is 11.7. The number of aliphatic imine (C=N–C) groups is 1. The van der Waals surface area contributed by atoms with Crippen LogP contribution in [-0.4, -0.2) is 49.6 Å². The van der Waals surface area contributed by atoms with Crippen LogP contribution in [0.4, 0.5) is 0 Å². The first-order chi connectivity index (χ1) is 9.58. The molecule has 0 bridgehead atoms. The van der Waals surface area contributed by atoms with E-state index >= 15 is 0 Å². The van der Waals surface area contributed by atoms with Crippen LogP contribution in [0.25, 0.3) is 0 Å². The lowest BCUT2D eigenvalue weighted by Crippen LogP contribution is -2.30. The van der Waals surface area contributed by atoms with Crippen molar-refractivity contribution in [2.75, 3.05) is 20.6 Å². The van der Waals surface area contributed by atoms with Crippen LogP contribution in [0, 0.1) is 5.92 Å². The van der Waals surface area contributed by atoms with Gasteiger partial charge in [0.15, 0.2) is 5.78 Å². The van der Waals surface area contributed by atoms with Gasteiger partial charge in [0.05, 0.1) is 12.4 Å². The highest BCUT2D eigenvalue weighted by atomic mass is 16.2. The first-order valence-electron chi connectivity index (χ1n) is 6.65. The van der Waals surface area contributed by atoms with E-state index in [1.807, 2.05) is 30.3 Å². The van der Waals surface area contributed by atoms with E-state index in [1.165, 1.54) is 6.34 Å². The lowest BCUT2D eigenvalue weighted by atomic mass is 9.95. The van der Waals surface area contributed by atoms with Crippen LogP contribution in [0.1, 0.15) is 16.8 Å². The summed E-state index contributed by atoms with van der Waals surface area (Å²) in [7, 11) is 3.61. The van der Waals surface area contributed by atoms with Gasteiger partial charge in [0.2, 0.25) is 0 Å². The monoisotopic (exact) mass is 273 g/mol. The minimum absolute atomic E-state index is 0.0880. The number of nitrogens with zero attached hydrogens (tertiary/aromatic N) is 2. The molecule has 1 aromatic rings. The first-order valence-corrected chi connectivity index (χ1v) is 6.65. The molecule has 1 heterocycles. The molecule has 106 valence electrons. The average Bonchev–Trinajstić information content (AvgIpc) is 2.94. The van der Waals surface area contributed by atoms with E-state index in [4.69, 9.17) is 0 Å². The lowest BCUT2D eigenvalue weighted by molar-refractivity contribution is -0.119. The maximum absolute atomic E-state index is 12.3. The predicted octanol–water partition coefficient (Wildman–Crippen LogP) is 0.964. The van der Waals surface area contributed by atoms with E-state index in [-0.39, 0.29) is 23.7 Å². The molecule has 1 fully saturated rings. The van der Waals surface area contributed by atoms with Gasteiger partial charge in [0.1, 0.15) is 0 Å². The molecule has 1 aromatic carbocycles. The van der Waals surface area contributed by atoms with Gasteiger partial charge in [-0.2, -0.15) is 0 Å². The molecule has 2 rings (SSSR count). The van der Waals surface area contributed by atoms with Crippen molar-refractivity contribution in [3.63, 3.8) is 0 Å². The van der Waals surface area contributed by atoms with Gasteiger partial charge in [-0.15, -0.1) is 0 Å². The van der Waals surface area contributed by atoms with Crippen LogP contribution < -0.4 is 5.32 Å². The summed E-state index contributed by atoms with van der Waals surface area (Å²) < 4.78 is 0. The summed E-state index contributed by atoms with van der Waals surface area (Å²) in [5.74, 6) is -0.284. The molecule has 1 saturated heterocycles. The van der Waals surface area contributed by atoms with Crippen molar-refractivity contribution < 1.29 is 9.59 Å². The number of Topliss-reactive ketones (excluding diaryl/α,β-unsaturated/α-hetero) is 1. The second kappa shape index (κ2) is 6.43. The fourth-order valence-corrected chi connectivity index (χ4v) is 2.22. The van der Waals surface area contributed by atoms with Crippen molar-refractivity contribution in [3.05, 3.63) is 35.9 Å². The third kappa shape index (κ3) is 3.51. The average molecular weight is 273 g/mol. The normalized spacial score (nSPS) is 22.1. The zero-order chi connectivity index (χ0) is 14.5. The summed E-state index contributed by atoms with van der Waals surface area (Å²) in [5, 5.41) is 3.08. The molecule has 20 heavy (non-hydrogen) atoms. The van der Waals surface area contributed by atoms with E-state index in [2.05, 4.69) is 10.3 Å². The molecule has 0 saturated carbocycles. The topological polar surface area (TPSA) is 61.8 Å². The minimum atomic E-state index is -0.358. The number of hydrogen-bond acceptors (Lipinski definition) is 3. The Morgan fingerprint density at radius 1 is 1.30 bits per heavy atom. The van der Waals surface area contributed by atoms with Gasteiger partial charge in [0, 0.05) is 32.1 Å². The number of ketones is 1. The second-order valence-corrected chi connectivity index (χ2v) is 5.17. The third-order valence-corrected chi connectivity index (χ3v) is 3.27. The number of amides is 1. The van der Waals surface area contributed by atoms with Crippen molar-refractivity contribution in [1.82, 2.24) is 10.2 Å². The Morgan fingerprint density at radius 2 is 2.00 bits per heavy atom. The fourth-order valence-electron chi connectivity index (χ4n) is 2.22. The molecule has 1 amide bonds. The van der Waals surface area contributed by atoms with Crippen molar-refractivity contribution >= 4 is 18.0 Å². The maximum atomic E-state index is 12.3. The van der Waals surface area contributed by atoms with Gasteiger partial charge in [-0.05, 0) is 6.42 Å². The van der Waals surface area contributed by atoms with Crippen LogP contribution in [0.15, 0.2) is 35.3 Å². The minimum Gasteiger partial charge on any atom is -0.369 e. The second-order valence-electron chi connectivity index (χ2n) is 5.17. The SMILES string of the molecule is CN(C)C=NC(=O)C1CC(C(=O)c2ccccc2)CN1. The number of nitrogens with one attached hydrogen (secondary N) is 1. The van der Waals surface area contributed by atoms with Crippen molar-refractivity contribution in [3.8, 4) is 0 Å². The molecule has 1 aliphatic rings. The van der Waals surface area contributed by atoms with E-state index in [0.29, 0.717) is 18.5 Å². The Morgan fingerprint density at radius 3 is 2.65 bits per heavy atom. The molecular weight excluding hydrogens is 254 g/mol. The molecule has 0 spiro atoms. The Balaban J connectivity index is 1.96. The quantitative estimate of drug-likeness (QED) is 0.504. The Labute approximate surface area is 118 Å². The maximum Gasteiger partial charge on any atom is 0.264 e. The molecule has 2 unspecified atom stereocenters. The summed E-state index contributed by atoms with van der Waals surface area (Å²) in [5.41, 5.74) is 0.698. The number of hydrogen-bond donors (Lipinski definition) is 1. The number of benzene rings is 1. The summed E-state index contributed by atoms with van der Waals surface area (Å²) in [6, 6.07) is 8.83. The standard InChI is InChI=1S/C15H19N3O2/c1-18(2)10-17-15(20)13-8-12(9-16-13)14(19)11-6-4-3-5-7-11/h3-7,10,12-13,16H,8-9H2,1-2H3. The number of rotatable bonds is 4. The Kier molecular flexibility index (Phi) is 4.63. The summed E-state index contributed by atoms with van der Waals surface area (Å²) >= 11 is 0. The van der Waals surface area contributed by atoms with Crippen molar-refractivity contribution in [2.45, 2.75) is 12.5 Å². The largest absolute Gasteiger partial charge is 0.369 e. The molecule has 0 aromatic heterocycles. The Bertz CT molecular complexity index is 511. The third-order valence-electron chi connectivity index (χ3n) is 3.27. The van der Waals surface area contributed by atoms with E-state index < -0.39 is 0 Å². The number of carbonyl (C=O) groups is 2. The van der Waals surface area contributed by atoms with Gasteiger partial charge >= 0.3 is 0 Å². The highest BCUT2D eigenvalue weighted by Crippen LogP contribution is 2.20. The van der Waals surface area contributed by atoms with Gasteiger partial charge in [0.25, 0.3) is 5.91 Å². The van der Waals surface area contributed by atoms with Crippen LogP contribution in [0.2, 0.25) is 0 Å². The van der Waals surface area contributed by atoms with Crippen LogP contribution in [0.5, 0.6) is 0 Å². The smallest absolute Gasteiger partial charge is 0.264 e. The molecule has 5 heteroatoms. The molecule has 5 nitrogen and oxygen atoms in total. The lowest BCUT2D eigenvalue weighted by Gasteiger charge is -2.08. The van der Waals surface area contributed by atoms with E-state index in [0.717, 1.165) is 0 Å². The molecule has 0 radical (unpaired) electrons. The molecule has 2 atom stereocenters. The van der Waals surface area contributed by atoms with Crippen LogP contribution in [0.3, 0.4) is 0 Å². The molecule has 1 aliphatic heterocycles.